The molecule has 0 aliphatic heterocycles. The highest BCUT2D eigenvalue weighted by atomic mass is 15.1. The number of hydrogen-bond donors (Lipinski definition) is 0. The predicted molar refractivity (Wildman–Crippen MR) is 216 cm³/mol. The number of anilines is 3. The first kappa shape index (κ1) is 32.1. The van der Waals surface area contributed by atoms with Crippen molar-refractivity contribution in [2.24, 2.45) is 0 Å². The number of nitrogens with zero attached hydrogens (tertiary/aromatic N) is 1. The number of hydrogen-bond acceptors (Lipinski definition) is 1. The van der Waals surface area contributed by atoms with E-state index in [4.69, 9.17) is 0 Å². The van der Waals surface area contributed by atoms with Gasteiger partial charge in [-0.3, -0.25) is 0 Å². The minimum atomic E-state index is -0.117. The summed E-state index contributed by atoms with van der Waals surface area (Å²) in [6.07, 6.45) is 12.2. The molecule has 0 heterocycles. The third-order valence-electron chi connectivity index (χ3n) is 12.3. The van der Waals surface area contributed by atoms with Crippen LogP contribution in [0.3, 0.4) is 0 Å². The maximum absolute atomic E-state index is 2.61. The summed E-state index contributed by atoms with van der Waals surface area (Å²) in [5.74, 6) is 0.675. The zero-order chi connectivity index (χ0) is 34.4. The van der Waals surface area contributed by atoms with E-state index in [1.807, 2.05) is 0 Å². The zero-order valence-corrected chi connectivity index (χ0v) is 30.3. The van der Waals surface area contributed by atoms with Crippen molar-refractivity contribution in [2.45, 2.75) is 89.4 Å². The van der Waals surface area contributed by atoms with Crippen LogP contribution in [0, 0.1) is 0 Å². The molecule has 254 valence electrons. The van der Waals surface area contributed by atoms with Crippen LogP contribution in [0.25, 0.3) is 22.3 Å². The fourth-order valence-electron chi connectivity index (χ4n) is 9.34. The molecule has 0 saturated heterocycles. The highest BCUT2D eigenvalue weighted by Gasteiger charge is 2.38. The SMILES string of the molecule is CC1(C)c2ccccc2-c2c(-c3ccccc3)cc(N(c3ccc(C4CCCCCC4)cc3)c3cc4ccc3CCc3ccc(cc3)CC4)cc21. The summed E-state index contributed by atoms with van der Waals surface area (Å²) >= 11 is 0. The summed E-state index contributed by atoms with van der Waals surface area (Å²) in [6, 6.07) is 51.6. The van der Waals surface area contributed by atoms with Crippen molar-refractivity contribution < 1.29 is 0 Å². The minimum Gasteiger partial charge on any atom is -0.310 e. The standard InChI is InChI=1S/C50H49N/c1-50(2)46-17-11-10-16-44(46)49-45(40-14-8-5-9-15-40)33-43(34-47(49)50)51(42-30-28-39(29-31-42)38-12-6-3-4-7-13-38)48-32-37-23-22-35-18-20-36(21-19-35)24-26-41(48)27-25-37/h5,8-11,14-21,25,27-34,38H,3-4,6-7,12-13,22-24,26H2,1-2H3. The van der Waals surface area contributed by atoms with Crippen LogP contribution < -0.4 is 4.90 Å². The van der Waals surface area contributed by atoms with E-state index in [1.165, 1.54) is 117 Å². The molecule has 0 radical (unpaired) electrons. The number of rotatable bonds is 5. The second kappa shape index (κ2) is 13.3. The van der Waals surface area contributed by atoms with Gasteiger partial charge in [-0.1, -0.05) is 143 Å². The lowest BCUT2D eigenvalue weighted by Crippen LogP contribution is -2.18. The average Bonchev–Trinajstić information content (AvgIpc) is 3.32. The third-order valence-corrected chi connectivity index (χ3v) is 12.3. The molecule has 1 saturated carbocycles. The van der Waals surface area contributed by atoms with E-state index < -0.39 is 0 Å². The van der Waals surface area contributed by atoms with E-state index in [9.17, 15) is 0 Å². The average molecular weight is 664 g/mol. The van der Waals surface area contributed by atoms with Crippen LogP contribution in [0.15, 0.2) is 133 Å². The fourth-order valence-corrected chi connectivity index (χ4v) is 9.34. The molecule has 0 spiro atoms. The first-order valence-corrected chi connectivity index (χ1v) is 19.5. The molecular formula is C50H49N. The summed E-state index contributed by atoms with van der Waals surface area (Å²) in [5, 5.41) is 0. The van der Waals surface area contributed by atoms with Gasteiger partial charge in [-0.15, -0.1) is 0 Å². The van der Waals surface area contributed by atoms with Gasteiger partial charge in [-0.25, -0.2) is 0 Å². The van der Waals surface area contributed by atoms with Crippen molar-refractivity contribution in [1.82, 2.24) is 0 Å². The topological polar surface area (TPSA) is 3.24 Å². The molecule has 6 aliphatic carbocycles. The summed E-state index contributed by atoms with van der Waals surface area (Å²) in [4.78, 5) is 2.61. The van der Waals surface area contributed by atoms with E-state index in [-0.39, 0.29) is 5.41 Å². The molecule has 0 aromatic heterocycles. The van der Waals surface area contributed by atoms with Crippen LogP contribution in [0.5, 0.6) is 0 Å². The zero-order valence-electron chi connectivity index (χ0n) is 30.3. The first-order valence-electron chi connectivity index (χ1n) is 19.5. The molecular weight excluding hydrogens is 615 g/mol. The smallest absolute Gasteiger partial charge is 0.0496 e. The third kappa shape index (κ3) is 6.01. The molecule has 1 fully saturated rings. The van der Waals surface area contributed by atoms with Gasteiger partial charge in [0.15, 0.2) is 0 Å². The van der Waals surface area contributed by atoms with Gasteiger partial charge in [0.1, 0.15) is 0 Å². The van der Waals surface area contributed by atoms with E-state index in [1.54, 1.807) is 0 Å². The highest BCUT2D eigenvalue weighted by molar-refractivity contribution is 5.96. The van der Waals surface area contributed by atoms with Crippen LogP contribution in [0.4, 0.5) is 17.1 Å². The van der Waals surface area contributed by atoms with Gasteiger partial charge in [0.25, 0.3) is 0 Å². The molecule has 1 nitrogen and oxygen atoms in total. The Morgan fingerprint density at radius 3 is 1.90 bits per heavy atom. The summed E-state index contributed by atoms with van der Waals surface area (Å²) in [5.41, 5.74) is 19.0. The lowest BCUT2D eigenvalue weighted by Gasteiger charge is -2.31. The molecule has 1 heteroatoms. The van der Waals surface area contributed by atoms with Crippen molar-refractivity contribution in [1.29, 1.82) is 0 Å². The van der Waals surface area contributed by atoms with Gasteiger partial charge < -0.3 is 4.90 Å². The second-order valence-electron chi connectivity index (χ2n) is 15.8. The molecule has 0 atom stereocenters. The monoisotopic (exact) mass is 663 g/mol. The second-order valence-corrected chi connectivity index (χ2v) is 15.8. The number of aryl methyl sites for hydroxylation is 4. The maximum Gasteiger partial charge on any atom is 0.0496 e. The van der Waals surface area contributed by atoms with Crippen LogP contribution in [0.2, 0.25) is 0 Å². The van der Waals surface area contributed by atoms with Crippen molar-refractivity contribution in [3.63, 3.8) is 0 Å². The molecule has 0 amide bonds. The number of fused-ring (bicyclic) bond motifs is 3. The Kier molecular flexibility index (Phi) is 8.39. The van der Waals surface area contributed by atoms with Gasteiger partial charge in [-0.05, 0) is 136 Å². The van der Waals surface area contributed by atoms with Gasteiger partial charge in [0.05, 0.1) is 0 Å². The Labute approximate surface area is 305 Å². The molecule has 12 rings (SSSR count). The quantitative estimate of drug-likeness (QED) is 0.166. The van der Waals surface area contributed by atoms with Gasteiger partial charge in [0.2, 0.25) is 0 Å². The predicted octanol–water partition coefficient (Wildman–Crippen LogP) is 13.5. The van der Waals surface area contributed by atoms with Crippen LogP contribution >= 0.6 is 0 Å². The molecule has 51 heavy (non-hydrogen) atoms. The van der Waals surface area contributed by atoms with Crippen LogP contribution in [-0.2, 0) is 31.1 Å². The van der Waals surface area contributed by atoms with E-state index >= 15 is 0 Å². The Morgan fingerprint density at radius 2 is 1.16 bits per heavy atom. The first-order chi connectivity index (χ1) is 25.0. The van der Waals surface area contributed by atoms with Crippen molar-refractivity contribution in [3.8, 4) is 22.3 Å². The molecule has 0 unspecified atom stereocenters. The van der Waals surface area contributed by atoms with Gasteiger partial charge in [-0.2, -0.15) is 0 Å². The Balaban J connectivity index is 1.25. The van der Waals surface area contributed by atoms with Crippen LogP contribution in [0.1, 0.15) is 97.2 Å². The Hall–Kier alpha value is -4.88. The van der Waals surface area contributed by atoms with Gasteiger partial charge in [0, 0.05) is 22.5 Å². The molecule has 6 aromatic rings. The Morgan fingerprint density at radius 1 is 0.510 bits per heavy atom. The van der Waals surface area contributed by atoms with Crippen LogP contribution in [-0.4, -0.2) is 0 Å². The molecule has 6 aliphatic rings. The van der Waals surface area contributed by atoms with Gasteiger partial charge >= 0.3 is 0 Å². The van der Waals surface area contributed by atoms with E-state index in [2.05, 4.69) is 152 Å². The maximum atomic E-state index is 2.61. The lowest BCUT2D eigenvalue weighted by atomic mass is 9.81. The van der Waals surface area contributed by atoms with Crippen molar-refractivity contribution in [2.75, 3.05) is 4.90 Å². The normalized spacial score (nSPS) is 16.5. The van der Waals surface area contributed by atoms with Crippen molar-refractivity contribution in [3.05, 3.63) is 172 Å². The lowest BCUT2D eigenvalue weighted by molar-refractivity contribution is 0.592. The summed E-state index contributed by atoms with van der Waals surface area (Å²) < 4.78 is 0. The van der Waals surface area contributed by atoms with Crippen molar-refractivity contribution >= 4 is 17.1 Å². The largest absolute Gasteiger partial charge is 0.310 e. The summed E-state index contributed by atoms with van der Waals surface area (Å²) in [6.45, 7) is 4.83. The number of benzene rings is 6. The fraction of sp³-hybridized carbons (Fsp3) is 0.280. The summed E-state index contributed by atoms with van der Waals surface area (Å²) in [7, 11) is 0. The minimum absolute atomic E-state index is 0.117. The highest BCUT2D eigenvalue weighted by Crippen LogP contribution is 2.54. The van der Waals surface area contributed by atoms with E-state index in [0.29, 0.717) is 5.92 Å². The molecule has 6 aromatic carbocycles. The van der Waals surface area contributed by atoms with E-state index in [0.717, 1.165) is 25.7 Å². The molecule has 0 N–H and O–H groups in total. The Bertz CT molecular complexity index is 2160. The molecule has 4 bridgehead atoms.